The van der Waals surface area contributed by atoms with E-state index < -0.39 is 0 Å². The van der Waals surface area contributed by atoms with Gasteiger partial charge in [0.2, 0.25) is 0 Å². The van der Waals surface area contributed by atoms with Crippen molar-refractivity contribution in [1.82, 2.24) is 20.2 Å². The van der Waals surface area contributed by atoms with Crippen molar-refractivity contribution in [3.05, 3.63) is 46.5 Å². The topological polar surface area (TPSA) is 68.8 Å². The van der Waals surface area contributed by atoms with Crippen LogP contribution in [0.25, 0.3) is 0 Å². The van der Waals surface area contributed by atoms with Crippen LogP contribution in [0, 0.1) is 13.8 Å². The first-order chi connectivity index (χ1) is 10.1. The van der Waals surface area contributed by atoms with E-state index in [0.717, 1.165) is 36.3 Å². The molecule has 0 amide bonds. The molecule has 5 heteroatoms. The number of hydrogen-bond donors (Lipinski definition) is 2. The fourth-order valence-electron chi connectivity index (χ4n) is 2.66. The first-order valence-electron chi connectivity index (χ1n) is 7.53. The summed E-state index contributed by atoms with van der Waals surface area (Å²) in [5, 5.41) is 4.59. The third-order valence-electron chi connectivity index (χ3n) is 3.78. The number of nitrogens with one attached hydrogen (secondary N) is 1. The summed E-state index contributed by atoms with van der Waals surface area (Å²) in [5.74, 6) is 5.77. The van der Waals surface area contributed by atoms with Crippen LogP contribution in [0.15, 0.2) is 18.3 Å². The number of hydrogen-bond acceptors (Lipinski definition) is 4. The second-order valence-electron chi connectivity index (χ2n) is 5.43. The molecule has 0 saturated carbocycles. The molecule has 0 aliphatic heterocycles. The molecule has 2 aromatic heterocycles. The molecule has 2 heterocycles. The predicted octanol–water partition coefficient (Wildman–Crippen LogP) is 2.22. The van der Waals surface area contributed by atoms with Gasteiger partial charge in [0.15, 0.2) is 0 Å². The minimum atomic E-state index is -0.00249. The van der Waals surface area contributed by atoms with Gasteiger partial charge in [-0.25, -0.2) is 0 Å². The Kier molecular flexibility index (Phi) is 5.09. The fraction of sp³-hybridized carbons (Fsp3) is 0.500. The molecule has 5 nitrogen and oxygen atoms in total. The summed E-state index contributed by atoms with van der Waals surface area (Å²) in [6, 6.07) is 4.30. The molecule has 0 radical (unpaired) electrons. The summed E-state index contributed by atoms with van der Waals surface area (Å²) in [4.78, 5) is 4.56. The number of pyridine rings is 1. The van der Waals surface area contributed by atoms with Crippen LogP contribution in [0.2, 0.25) is 0 Å². The van der Waals surface area contributed by atoms with E-state index in [0.29, 0.717) is 0 Å². The minimum Gasteiger partial charge on any atom is -0.271 e. The van der Waals surface area contributed by atoms with E-state index in [4.69, 9.17) is 5.84 Å². The third-order valence-corrected chi connectivity index (χ3v) is 3.78. The lowest BCUT2D eigenvalue weighted by atomic mass is 10.0. The van der Waals surface area contributed by atoms with Gasteiger partial charge in [-0.1, -0.05) is 13.0 Å². The molecular formula is C16H25N5. The summed E-state index contributed by atoms with van der Waals surface area (Å²) in [6.45, 7) is 9.22. The van der Waals surface area contributed by atoms with E-state index in [1.807, 2.05) is 17.8 Å². The Balaban J connectivity index is 2.28. The van der Waals surface area contributed by atoms with E-state index in [1.165, 1.54) is 11.3 Å². The van der Waals surface area contributed by atoms with Crippen molar-refractivity contribution in [2.45, 2.75) is 53.1 Å². The van der Waals surface area contributed by atoms with Gasteiger partial charge >= 0.3 is 0 Å². The summed E-state index contributed by atoms with van der Waals surface area (Å²) in [6.07, 6.45) is 3.62. The van der Waals surface area contributed by atoms with Gasteiger partial charge in [-0.15, -0.1) is 0 Å². The number of rotatable bonds is 6. The quantitative estimate of drug-likeness (QED) is 0.631. The van der Waals surface area contributed by atoms with Crippen LogP contribution in [0.1, 0.15) is 48.1 Å². The Morgan fingerprint density at radius 3 is 2.62 bits per heavy atom. The fourth-order valence-corrected chi connectivity index (χ4v) is 2.66. The van der Waals surface area contributed by atoms with Crippen molar-refractivity contribution in [1.29, 1.82) is 0 Å². The van der Waals surface area contributed by atoms with Crippen molar-refractivity contribution in [3.8, 4) is 0 Å². The molecule has 0 saturated heterocycles. The molecular weight excluding hydrogens is 262 g/mol. The molecule has 0 aromatic carbocycles. The molecule has 21 heavy (non-hydrogen) atoms. The van der Waals surface area contributed by atoms with Gasteiger partial charge in [0.05, 0.1) is 17.4 Å². The van der Waals surface area contributed by atoms with Crippen molar-refractivity contribution in [3.63, 3.8) is 0 Å². The van der Waals surface area contributed by atoms with Crippen LogP contribution in [0.4, 0.5) is 0 Å². The summed E-state index contributed by atoms with van der Waals surface area (Å²) in [5.41, 5.74) is 8.55. The molecule has 1 atom stereocenters. The first kappa shape index (κ1) is 15.7. The lowest BCUT2D eigenvalue weighted by molar-refractivity contribution is 0.504. The van der Waals surface area contributed by atoms with E-state index in [2.05, 4.69) is 48.4 Å². The highest BCUT2D eigenvalue weighted by atomic mass is 15.3. The van der Waals surface area contributed by atoms with Gasteiger partial charge in [-0.2, -0.15) is 5.10 Å². The normalized spacial score (nSPS) is 12.6. The van der Waals surface area contributed by atoms with Crippen molar-refractivity contribution in [2.75, 3.05) is 0 Å². The highest BCUT2D eigenvalue weighted by Gasteiger charge is 2.17. The van der Waals surface area contributed by atoms with Gasteiger partial charge in [0.1, 0.15) is 0 Å². The molecule has 1 unspecified atom stereocenters. The van der Waals surface area contributed by atoms with Crippen LogP contribution in [0.3, 0.4) is 0 Å². The smallest absolute Gasteiger partial charge is 0.0690 e. The maximum Gasteiger partial charge on any atom is 0.0690 e. The molecule has 0 aliphatic rings. The zero-order valence-corrected chi connectivity index (χ0v) is 13.3. The zero-order valence-electron chi connectivity index (χ0n) is 13.3. The van der Waals surface area contributed by atoms with Gasteiger partial charge in [-0.3, -0.25) is 20.9 Å². The van der Waals surface area contributed by atoms with Crippen LogP contribution in [-0.4, -0.2) is 14.8 Å². The van der Waals surface area contributed by atoms with E-state index in [1.54, 1.807) is 0 Å². The molecule has 2 aromatic rings. The molecule has 0 aliphatic carbocycles. The van der Waals surface area contributed by atoms with E-state index >= 15 is 0 Å². The molecule has 0 bridgehead atoms. The second-order valence-corrected chi connectivity index (χ2v) is 5.43. The molecule has 0 spiro atoms. The molecule has 114 valence electrons. The number of nitrogens with two attached hydrogens (primary N) is 1. The maximum absolute atomic E-state index is 5.77. The summed E-state index contributed by atoms with van der Waals surface area (Å²) in [7, 11) is 0. The Morgan fingerprint density at radius 2 is 2.05 bits per heavy atom. The van der Waals surface area contributed by atoms with Gasteiger partial charge in [-0.05, 0) is 44.4 Å². The average molecular weight is 287 g/mol. The zero-order chi connectivity index (χ0) is 15.4. The standard InChI is InChI=1S/C16H25N5/c1-5-13-8-14(21(6-2)20-13)9-15(19-17)16-12(4)7-11(3)10-18-16/h7-8,10,15,19H,5-6,9,17H2,1-4H3. The van der Waals surface area contributed by atoms with Crippen LogP contribution in [-0.2, 0) is 19.4 Å². The van der Waals surface area contributed by atoms with Crippen molar-refractivity contribution in [2.24, 2.45) is 5.84 Å². The number of nitrogens with zero attached hydrogens (tertiary/aromatic N) is 3. The Labute approximate surface area is 126 Å². The van der Waals surface area contributed by atoms with Gasteiger partial charge < -0.3 is 0 Å². The highest BCUT2D eigenvalue weighted by molar-refractivity contribution is 5.27. The van der Waals surface area contributed by atoms with Gasteiger partial charge in [0, 0.05) is 24.9 Å². The lowest BCUT2D eigenvalue weighted by Crippen LogP contribution is -2.31. The number of aromatic nitrogens is 3. The minimum absolute atomic E-state index is 0.00249. The monoisotopic (exact) mass is 287 g/mol. The Morgan fingerprint density at radius 1 is 1.29 bits per heavy atom. The first-order valence-corrected chi connectivity index (χ1v) is 7.53. The molecule has 3 N–H and O–H groups in total. The van der Waals surface area contributed by atoms with Crippen LogP contribution < -0.4 is 11.3 Å². The highest BCUT2D eigenvalue weighted by Crippen LogP contribution is 2.20. The second kappa shape index (κ2) is 6.83. The van der Waals surface area contributed by atoms with Crippen LogP contribution in [0.5, 0.6) is 0 Å². The number of aryl methyl sites for hydroxylation is 4. The Hall–Kier alpha value is -1.72. The summed E-state index contributed by atoms with van der Waals surface area (Å²) >= 11 is 0. The largest absolute Gasteiger partial charge is 0.271 e. The van der Waals surface area contributed by atoms with E-state index in [9.17, 15) is 0 Å². The maximum atomic E-state index is 5.77. The average Bonchev–Trinajstić information content (AvgIpc) is 2.87. The van der Waals surface area contributed by atoms with Gasteiger partial charge in [0.25, 0.3) is 0 Å². The van der Waals surface area contributed by atoms with Crippen LogP contribution >= 0.6 is 0 Å². The van der Waals surface area contributed by atoms with Crippen molar-refractivity contribution >= 4 is 0 Å². The molecule has 0 fully saturated rings. The SMILES string of the molecule is CCc1cc(CC(NN)c2ncc(C)cc2C)n(CC)n1. The lowest BCUT2D eigenvalue weighted by Gasteiger charge is -2.18. The van der Waals surface area contributed by atoms with E-state index in [-0.39, 0.29) is 6.04 Å². The molecule has 2 rings (SSSR count). The van der Waals surface area contributed by atoms with Crippen molar-refractivity contribution < 1.29 is 0 Å². The Bertz CT molecular complexity index is 603. The summed E-state index contributed by atoms with van der Waals surface area (Å²) < 4.78 is 2.05. The predicted molar refractivity (Wildman–Crippen MR) is 84.8 cm³/mol. The third kappa shape index (κ3) is 3.49. The number of hydrazine groups is 1.